The molecule has 0 unspecified atom stereocenters. The molecule has 2 aromatic carbocycles. The molecule has 1 aliphatic heterocycles. The molecule has 1 aromatic heterocycles. The van der Waals surface area contributed by atoms with E-state index >= 15 is 0 Å². The third-order valence-electron chi connectivity index (χ3n) is 5.51. The molecule has 1 fully saturated rings. The zero-order valence-corrected chi connectivity index (χ0v) is 17.8. The summed E-state index contributed by atoms with van der Waals surface area (Å²) in [5.41, 5.74) is 0.743. The summed E-state index contributed by atoms with van der Waals surface area (Å²) < 4.78 is 17.3. The molecule has 0 radical (unpaired) electrons. The first kappa shape index (κ1) is 20.3. The van der Waals surface area contributed by atoms with E-state index in [1.54, 1.807) is 39.8 Å². The number of benzene rings is 2. The molecule has 0 spiro atoms. The fourth-order valence-electron chi connectivity index (χ4n) is 4.06. The molecule has 0 N–H and O–H groups in total. The van der Waals surface area contributed by atoms with Crippen molar-refractivity contribution in [2.75, 3.05) is 0 Å². The highest BCUT2D eigenvalue weighted by atomic mass is 16.6. The van der Waals surface area contributed by atoms with Gasteiger partial charge in [0.15, 0.2) is 17.1 Å². The number of hydrogen-bond acceptors (Lipinski definition) is 6. The third kappa shape index (κ3) is 3.41. The minimum atomic E-state index is -1.07. The van der Waals surface area contributed by atoms with E-state index in [4.69, 9.17) is 13.9 Å². The highest BCUT2D eigenvalue weighted by Crippen LogP contribution is 2.41. The van der Waals surface area contributed by atoms with Crippen LogP contribution in [0.1, 0.15) is 51.7 Å². The summed E-state index contributed by atoms with van der Waals surface area (Å²) >= 11 is 0. The minimum Gasteiger partial charge on any atom is -0.411 e. The summed E-state index contributed by atoms with van der Waals surface area (Å²) in [5.74, 6) is -0.955. The zero-order valence-electron chi connectivity index (χ0n) is 17.8. The van der Waals surface area contributed by atoms with Gasteiger partial charge >= 0.3 is 6.08 Å². The van der Waals surface area contributed by atoms with Gasteiger partial charge in [-0.25, -0.2) is 0 Å². The maximum atomic E-state index is 13.2. The van der Waals surface area contributed by atoms with Gasteiger partial charge in [-0.3, -0.25) is 9.59 Å². The molecule has 156 valence electrons. The number of fused-ring (bicyclic) bond motifs is 1. The largest absolute Gasteiger partial charge is 0.411 e. The number of ether oxygens (including phenoxy) is 2. The highest BCUT2D eigenvalue weighted by Gasteiger charge is 2.53. The average molecular weight is 407 g/mol. The first-order valence-electron chi connectivity index (χ1n) is 10.1. The van der Waals surface area contributed by atoms with Crippen molar-refractivity contribution in [2.45, 2.75) is 58.2 Å². The van der Waals surface area contributed by atoms with E-state index in [2.05, 4.69) is 4.98 Å². The number of hydrogen-bond donors (Lipinski definition) is 0. The number of oxazole rings is 1. The fourth-order valence-corrected chi connectivity index (χ4v) is 4.06. The monoisotopic (exact) mass is 407 g/mol. The van der Waals surface area contributed by atoms with E-state index in [1.807, 2.05) is 37.3 Å². The molecule has 3 aromatic rings. The van der Waals surface area contributed by atoms with Crippen LogP contribution in [0, 0.1) is 0 Å². The van der Waals surface area contributed by atoms with Gasteiger partial charge in [-0.15, -0.1) is 0 Å². The minimum absolute atomic E-state index is 0.108. The lowest BCUT2D eigenvalue weighted by atomic mass is 9.73. The second-order valence-corrected chi connectivity index (χ2v) is 8.55. The summed E-state index contributed by atoms with van der Waals surface area (Å²) in [4.78, 5) is 30.7. The van der Waals surface area contributed by atoms with Crippen LogP contribution in [0.25, 0.3) is 11.1 Å². The molecule has 0 amide bonds. The lowest BCUT2D eigenvalue weighted by molar-refractivity contribution is -0.184. The zero-order chi connectivity index (χ0) is 21.7. The maximum absolute atomic E-state index is 13.2. The van der Waals surface area contributed by atoms with Crippen molar-refractivity contribution in [1.29, 1.82) is 0 Å². The van der Waals surface area contributed by atoms with E-state index in [-0.39, 0.29) is 17.6 Å². The van der Waals surface area contributed by atoms with Gasteiger partial charge in [0.2, 0.25) is 0 Å². The fraction of sp³-hybridized carbons (Fsp3) is 0.375. The number of Topliss-reactive ketones (excluding diaryl/α,β-unsaturated/α-hetero) is 2. The summed E-state index contributed by atoms with van der Waals surface area (Å²) in [6.07, 6.45) is 0.786. The summed E-state index contributed by atoms with van der Waals surface area (Å²) in [6, 6.07) is 12.8. The van der Waals surface area contributed by atoms with Crippen molar-refractivity contribution in [3.63, 3.8) is 0 Å². The van der Waals surface area contributed by atoms with Crippen LogP contribution in [0.4, 0.5) is 0 Å². The van der Waals surface area contributed by atoms with Crippen LogP contribution in [0.15, 0.2) is 46.9 Å². The SMILES string of the molecule is CCc1ccc(Oc2nc3ccccc3o2)cc1C1C(=O)C(C)(C)OC(C)(C)C1=O. The molecule has 4 rings (SSSR count). The highest BCUT2D eigenvalue weighted by molar-refractivity contribution is 6.15. The molecule has 30 heavy (non-hydrogen) atoms. The van der Waals surface area contributed by atoms with Crippen molar-refractivity contribution in [1.82, 2.24) is 4.98 Å². The van der Waals surface area contributed by atoms with Gasteiger partial charge in [0, 0.05) is 0 Å². The van der Waals surface area contributed by atoms with Crippen LogP contribution in [-0.2, 0) is 20.7 Å². The first-order valence-corrected chi connectivity index (χ1v) is 10.1. The average Bonchev–Trinajstić information content (AvgIpc) is 3.09. The number of nitrogens with zero attached hydrogens (tertiary/aromatic N) is 1. The number of carbonyl (C=O) groups is 2. The van der Waals surface area contributed by atoms with Crippen LogP contribution in [-0.4, -0.2) is 27.8 Å². The number of rotatable bonds is 4. The number of para-hydroxylation sites is 2. The van der Waals surface area contributed by atoms with Gasteiger partial charge in [0.25, 0.3) is 0 Å². The lowest BCUT2D eigenvalue weighted by Gasteiger charge is -2.43. The maximum Gasteiger partial charge on any atom is 0.400 e. The van der Waals surface area contributed by atoms with Gasteiger partial charge in [0.05, 0.1) is 0 Å². The van der Waals surface area contributed by atoms with Crippen molar-refractivity contribution < 1.29 is 23.5 Å². The van der Waals surface area contributed by atoms with Gasteiger partial charge < -0.3 is 13.9 Å². The second-order valence-electron chi connectivity index (χ2n) is 8.55. The Kier molecular flexibility index (Phi) is 4.77. The Hall–Kier alpha value is -2.99. The van der Waals surface area contributed by atoms with Crippen molar-refractivity contribution in [3.8, 4) is 11.8 Å². The molecule has 1 aliphatic rings. The molecule has 6 nitrogen and oxygen atoms in total. The molecule has 2 heterocycles. The Balaban J connectivity index is 1.75. The summed E-state index contributed by atoms with van der Waals surface area (Å²) in [5, 5.41) is 0. The van der Waals surface area contributed by atoms with Crippen molar-refractivity contribution in [2.24, 2.45) is 0 Å². The van der Waals surface area contributed by atoms with Gasteiger partial charge in [0.1, 0.15) is 28.4 Å². The van der Waals surface area contributed by atoms with Crippen LogP contribution in [0.2, 0.25) is 0 Å². The quantitative estimate of drug-likeness (QED) is 0.567. The third-order valence-corrected chi connectivity index (χ3v) is 5.51. The van der Waals surface area contributed by atoms with Crippen molar-refractivity contribution in [3.05, 3.63) is 53.6 Å². The van der Waals surface area contributed by atoms with E-state index in [0.717, 1.165) is 5.56 Å². The molecular formula is C24H25NO5. The Morgan fingerprint density at radius 3 is 2.30 bits per heavy atom. The standard InChI is InChI=1S/C24H25NO5/c1-6-14-11-12-15(28-22-25-17-9-7-8-10-18(17)29-22)13-16(14)19-20(26)23(2,3)30-24(4,5)21(19)27/h7-13,19H,6H2,1-5H3. The molecular weight excluding hydrogens is 382 g/mol. The summed E-state index contributed by atoms with van der Waals surface area (Å²) in [6.45, 7) is 8.83. The van der Waals surface area contributed by atoms with E-state index < -0.39 is 17.1 Å². The Labute approximate surface area is 175 Å². The van der Waals surface area contributed by atoms with Crippen LogP contribution >= 0.6 is 0 Å². The Morgan fingerprint density at radius 1 is 1.00 bits per heavy atom. The molecule has 0 bridgehead atoms. The molecule has 0 atom stereocenters. The predicted molar refractivity (Wildman–Crippen MR) is 112 cm³/mol. The van der Waals surface area contributed by atoms with Crippen LogP contribution < -0.4 is 4.74 Å². The molecule has 0 aliphatic carbocycles. The Bertz CT molecular complexity index is 1080. The van der Waals surface area contributed by atoms with Crippen LogP contribution in [0.5, 0.6) is 11.8 Å². The van der Waals surface area contributed by atoms with E-state index in [0.29, 0.717) is 28.8 Å². The topological polar surface area (TPSA) is 78.6 Å². The number of carbonyl (C=O) groups excluding carboxylic acids is 2. The summed E-state index contributed by atoms with van der Waals surface area (Å²) in [7, 11) is 0. The van der Waals surface area contributed by atoms with Gasteiger partial charge in [-0.05, 0) is 69.5 Å². The first-order chi connectivity index (χ1) is 14.1. The van der Waals surface area contributed by atoms with Crippen molar-refractivity contribution >= 4 is 22.7 Å². The molecule has 0 saturated carbocycles. The normalized spacial score (nSPS) is 18.7. The number of aromatic nitrogens is 1. The van der Waals surface area contributed by atoms with Gasteiger partial charge in [-0.2, -0.15) is 4.98 Å². The molecule has 1 saturated heterocycles. The predicted octanol–water partition coefficient (Wildman–Crippen LogP) is 4.99. The number of aryl methyl sites for hydroxylation is 1. The molecule has 6 heteroatoms. The van der Waals surface area contributed by atoms with E-state index in [9.17, 15) is 9.59 Å². The lowest BCUT2D eigenvalue weighted by Crippen LogP contribution is -2.58. The Morgan fingerprint density at radius 2 is 1.67 bits per heavy atom. The number of ketones is 2. The smallest absolute Gasteiger partial charge is 0.400 e. The van der Waals surface area contributed by atoms with Crippen LogP contribution in [0.3, 0.4) is 0 Å². The van der Waals surface area contributed by atoms with Gasteiger partial charge in [-0.1, -0.05) is 25.1 Å². The second kappa shape index (κ2) is 7.06. The van der Waals surface area contributed by atoms with E-state index in [1.165, 1.54) is 0 Å².